The van der Waals surface area contributed by atoms with Gasteiger partial charge in [-0.2, -0.15) is 0 Å². The van der Waals surface area contributed by atoms with Gasteiger partial charge in [0.2, 0.25) is 0 Å². The fourth-order valence-electron chi connectivity index (χ4n) is 1.28. The second-order valence-corrected chi connectivity index (χ2v) is 2.96. The van der Waals surface area contributed by atoms with E-state index in [1.807, 2.05) is 0 Å². The van der Waals surface area contributed by atoms with Crippen LogP contribution in [0.15, 0.2) is 16.9 Å². The summed E-state index contributed by atoms with van der Waals surface area (Å²) in [4.78, 5) is 3.90. The van der Waals surface area contributed by atoms with Gasteiger partial charge in [0.1, 0.15) is 12.5 Å². The van der Waals surface area contributed by atoms with Crippen molar-refractivity contribution in [1.29, 1.82) is 0 Å². The molecule has 72 valence electrons. The maximum absolute atomic E-state index is 5.43. The van der Waals surface area contributed by atoms with E-state index in [1.54, 1.807) is 6.20 Å². The van der Waals surface area contributed by atoms with Crippen LogP contribution in [0.3, 0.4) is 0 Å². The molecule has 1 saturated heterocycles. The Morgan fingerprint density at radius 3 is 3.15 bits per heavy atom. The number of aromatic nitrogens is 1. The molecule has 2 heterocycles. The van der Waals surface area contributed by atoms with E-state index < -0.39 is 0 Å². The highest BCUT2D eigenvalue weighted by Gasteiger charge is 2.12. The first-order valence-electron chi connectivity index (χ1n) is 4.48. The third-order valence-electron chi connectivity index (χ3n) is 1.95. The SMILES string of the molecule is c1coc(NNC2CCCCO2)n1. The van der Waals surface area contributed by atoms with Crippen molar-refractivity contribution >= 4 is 6.01 Å². The zero-order valence-corrected chi connectivity index (χ0v) is 7.32. The second kappa shape index (κ2) is 4.25. The first kappa shape index (κ1) is 8.52. The van der Waals surface area contributed by atoms with Crippen molar-refractivity contribution < 1.29 is 9.15 Å². The zero-order valence-electron chi connectivity index (χ0n) is 7.32. The molecule has 1 unspecified atom stereocenters. The molecule has 1 atom stereocenters. The van der Waals surface area contributed by atoms with Crippen LogP contribution in [-0.4, -0.2) is 17.8 Å². The van der Waals surface area contributed by atoms with Gasteiger partial charge in [0.05, 0.1) is 6.20 Å². The minimum absolute atomic E-state index is 0.0700. The summed E-state index contributed by atoms with van der Waals surface area (Å²) >= 11 is 0. The van der Waals surface area contributed by atoms with Crippen molar-refractivity contribution in [2.24, 2.45) is 0 Å². The van der Waals surface area contributed by atoms with Gasteiger partial charge in [-0.15, -0.1) is 0 Å². The predicted octanol–water partition coefficient (Wildman–Crippen LogP) is 1.12. The normalized spacial score (nSPS) is 22.9. The van der Waals surface area contributed by atoms with Gasteiger partial charge in [-0.3, -0.25) is 5.43 Å². The molecule has 13 heavy (non-hydrogen) atoms. The maximum Gasteiger partial charge on any atom is 0.309 e. The van der Waals surface area contributed by atoms with Gasteiger partial charge >= 0.3 is 6.01 Å². The summed E-state index contributed by atoms with van der Waals surface area (Å²) in [5.41, 5.74) is 5.84. The lowest BCUT2D eigenvalue weighted by molar-refractivity contribution is -0.000996. The number of oxazole rings is 1. The largest absolute Gasteiger partial charge is 0.431 e. The van der Waals surface area contributed by atoms with Crippen molar-refractivity contribution in [1.82, 2.24) is 10.4 Å². The van der Waals surface area contributed by atoms with E-state index in [1.165, 1.54) is 12.7 Å². The topological polar surface area (TPSA) is 59.3 Å². The van der Waals surface area contributed by atoms with E-state index in [-0.39, 0.29) is 6.23 Å². The number of hydrazine groups is 1. The Morgan fingerprint density at radius 1 is 1.46 bits per heavy atom. The molecule has 0 amide bonds. The summed E-state index contributed by atoms with van der Waals surface area (Å²) in [7, 11) is 0. The number of rotatable bonds is 3. The predicted molar refractivity (Wildman–Crippen MR) is 46.9 cm³/mol. The summed E-state index contributed by atoms with van der Waals surface area (Å²) in [6, 6.07) is 0.467. The van der Waals surface area contributed by atoms with Crippen LogP contribution in [0, 0.1) is 0 Å². The average molecular weight is 183 g/mol. The van der Waals surface area contributed by atoms with Crippen LogP contribution < -0.4 is 10.9 Å². The molecule has 2 N–H and O–H groups in total. The molecule has 1 fully saturated rings. The van der Waals surface area contributed by atoms with E-state index in [0.717, 1.165) is 19.4 Å². The Kier molecular flexibility index (Phi) is 2.79. The van der Waals surface area contributed by atoms with Gasteiger partial charge < -0.3 is 9.15 Å². The van der Waals surface area contributed by atoms with Crippen molar-refractivity contribution in [2.45, 2.75) is 25.5 Å². The number of nitrogens with zero attached hydrogens (tertiary/aromatic N) is 1. The highest BCUT2D eigenvalue weighted by atomic mass is 16.5. The molecule has 1 aromatic rings. The molecule has 0 aliphatic carbocycles. The summed E-state index contributed by atoms with van der Waals surface area (Å²) in [6.07, 6.45) is 6.55. The molecule has 0 bridgehead atoms. The second-order valence-electron chi connectivity index (χ2n) is 2.96. The lowest BCUT2D eigenvalue weighted by Gasteiger charge is -2.23. The van der Waals surface area contributed by atoms with Gasteiger partial charge in [0.25, 0.3) is 0 Å². The lowest BCUT2D eigenvalue weighted by atomic mass is 10.2. The molecule has 0 spiro atoms. The van der Waals surface area contributed by atoms with E-state index in [9.17, 15) is 0 Å². The molecule has 5 nitrogen and oxygen atoms in total. The summed E-state index contributed by atoms with van der Waals surface area (Å²) in [5.74, 6) is 0. The van der Waals surface area contributed by atoms with Crippen molar-refractivity contribution in [3.8, 4) is 0 Å². The molecule has 2 rings (SSSR count). The average Bonchev–Trinajstić information content (AvgIpc) is 2.69. The fourth-order valence-corrected chi connectivity index (χ4v) is 1.28. The van der Waals surface area contributed by atoms with Gasteiger partial charge in [-0.05, 0) is 19.3 Å². The molecule has 0 saturated carbocycles. The van der Waals surface area contributed by atoms with Crippen LogP contribution in [0.2, 0.25) is 0 Å². The molecule has 1 aliphatic heterocycles. The molecule has 0 aromatic carbocycles. The zero-order chi connectivity index (χ0) is 8.93. The van der Waals surface area contributed by atoms with E-state index >= 15 is 0 Å². The third kappa shape index (κ3) is 2.43. The lowest BCUT2D eigenvalue weighted by Crippen LogP contribution is -2.38. The molecule has 0 radical (unpaired) electrons. The first-order valence-corrected chi connectivity index (χ1v) is 4.48. The molecular weight excluding hydrogens is 170 g/mol. The fraction of sp³-hybridized carbons (Fsp3) is 0.625. The Labute approximate surface area is 76.4 Å². The highest BCUT2D eigenvalue weighted by molar-refractivity contribution is 5.14. The quantitative estimate of drug-likeness (QED) is 0.687. The number of anilines is 1. The van der Waals surface area contributed by atoms with Crippen LogP contribution in [0.5, 0.6) is 0 Å². The van der Waals surface area contributed by atoms with Crippen LogP contribution >= 0.6 is 0 Å². The van der Waals surface area contributed by atoms with Crippen molar-refractivity contribution in [2.75, 3.05) is 12.0 Å². The van der Waals surface area contributed by atoms with Gasteiger partial charge in [-0.25, -0.2) is 10.4 Å². The molecular formula is C8H13N3O2. The Morgan fingerprint density at radius 2 is 2.46 bits per heavy atom. The van der Waals surface area contributed by atoms with E-state index in [0.29, 0.717) is 6.01 Å². The Bertz CT molecular complexity index is 232. The minimum Gasteiger partial charge on any atom is -0.431 e. The monoisotopic (exact) mass is 183 g/mol. The van der Waals surface area contributed by atoms with E-state index in [4.69, 9.17) is 9.15 Å². The third-order valence-corrected chi connectivity index (χ3v) is 1.95. The summed E-state index contributed by atoms with van der Waals surface area (Å²) in [6.45, 7) is 0.824. The van der Waals surface area contributed by atoms with Crippen molar-refractivity contribution in [3.05, 3.63) is 12.5 Å². The maximum atomic E-state index is 5.43. The number of hydrogen-bond donors (Lipinski definition) is 2. The number of ether oxygens (including phenoxy) is 1. The van der Waals surface area contributed by atoms with Crippen LogP contribution in [0.1, 0.15) is 19.3 Å². The molecule has 1 aliphatic rings. The first-order chi connectivity index (χ1) is 6.45. The van der Waals surface area contributed by atoms with Crippen LogP contribution in [-0.2, 0) is 4.74 Å². The standard InChI is InChI=1S/C8H13N3O2/c1-2-5-12-7(3-1)10-11-8-9-4-6-13-8/h4,6-7,10H,1-3,5H2,(H,9,11). The van der Waals surface area contributed by atoms with Gasteiger partial charge in [-0.1, -0.05) is 0 Å². The Balaban J connectivity index is 1.72. The summed E-state index contributed by atoms with van der Waals surface area (Å²) in [5, 5.41) is 0. The van der Waals surface area contributed by atoms with Crippen molar-refractivity contribution in [3.63, 3.8) is 0 Å². The molecule has 5 heteroatoms. The van der Waals surface area contributed by atoms with E-state index in [2.05, 4.69) is 15.8 Å². The summed E-state index contributed by atoms with van der Waals surface area (Å²) < 4.78 is 10.4. The Hall–Kier alpha value is -1.07. The van der Waals surface area contributed by atoms with Crippen LogP contribution in [0.25, 0.3) is 0 Å². The highest BCUT2D eigenvalue weighted by Crippen LogP contribution is 2.10. The number of hydrogen-bond acceptors (Lipinski definition) is 5. The van der Waals surface area contributed by atoms with Gasteiger partial charge in [0.15, 0.2) is 0 Å². The smallest absolute Gasteiger partial charge is 0.309 e. The van der Waals surface area contributed by atoms with Gasteiger partial charge in [0, 0.05) is 6.61 Å². The van der Waals surface area contributed by atoms with Crippen LogP contribution in [0.4, 0.5) is 6.01 Å². The molecule has 1 aromatic heterocycles. The number of nitrogens with one attached hydrogen (secondary N) is 2. The minimum atomic E-state index is 0.0700.